The number of fused-ring (bicyclic) bond motifs is 2. The summed E-state index contributed by atoms with van der Waals surface area (Å²) in [6.45, 7) is 0. The fourth-order valence-electron chi connectivity index (χ4n) is 2.80. The smallest absolute Gasteiger partial charge is 0.337 e. The molecule has 0 aliphatic heterocycles. The molecule has 4 rings (SSSR count). The van der Waals surface area contributed by atoms with E-state index in [2.05, 4.69) is 14.5 Å². The van der Waals surface area contributed by atoms with Crippen LogP contribution in [0.5, 0.6) is 0 Å². The minimum Gasteiger partial charge on any atom is -0.465 e. The lowest BCUT2D eigenvalue weighted by atomic mass is 10.2. The number of rotatable bonds is 2. The molecule has 2 heterocycles. The first-order valence-corrected chi connectivity index (χ1v) is 8.32. The number of nitrogens with zero attached hydrogens (tertiary/aromatic N) is 1. The monoisotopic (exact) mass is 364 g/mol. The van der Waals surface area contributed by atoms with Crippen molar-refractivity contribution in [2.24, 2.45) is 7.05 Å². The van der Waals surface area contributed by atoms with Gasteiger partial charge in [-0.3, -0.25) is 0 Å². The van der Waals surface area contributed by atoms with E-state index in [1.807, 2.05) is 54.3 Å². The van der Waals surface area contributed by atoms with Crippen molar-refractivity contribution in [1.82, 2.24) is 9.55 Å². The summed E-state index contributed by atoms with van der Waals surface area (Å²) in [4.78, 5) is 25.4. The first kappa shape index (κ1) is 18.3. The Kier molecular flexibility index (Phi) is 5.26. The fourth-order valence-corrected chi connectivity index (χ4v) is 2.80. The third-order valence-electron chi connectivity index (χ3n) is 4.29. The lowest BCUT2D eigenvalue weighted by Crippen LogP contribution is -2.00. The maximum absolute atomic E-state index is 11.3. The van der Waals surface area contributed by atoms with Crippen molar-refractivity contribution in [3.05, 3.63) is 72.1 Å². The summed E-state index contributed by atoms with van der Waals surface area (Å²) in [7, 11) is 4.71. The van der Waals surface area contributed by atoms with Gasteiger partial charge in [0, 0.05) is 30.5 Å². The molecule has 0 fully saturated rings. The predicted molar refractivity (Wildman–Crippen MR) is 104 cm³/mol. The third kappa shape index (κ3) is 3.84. The number of benzene rings is 2. The molecule has 6 nitrogen and oxygen atoms in total. The topological polar surface area (TPSA) is 73.3 Å². The van der Waals surface area contributed by atoms with E-state index in [1.54, 1.807) is 18.2 Å². The van der Waals surface area contributed by atoms with Crippen LogP contribution >= 0.6 is 0 Å². The molecule has 2 aromatic carbocycles. The number of esters is 2. The lowest BCUT2D eigenvalue weighted by molar-refractivity contribution is 0.0592. The average molecular weight is 364 g/mol. The Morgan fingerprint density at radius 1 is 0.852 bits per heavy atom. The summed E-state index contributed by atoms with van der Waals surface area (Å²) in [6, 6.07) is 14.9. The van der Waals surface area contributed by atoms with Gasteiger partial charge >= 0.3 is 11.9 Å². The van der Waals surface area contributed by atoms with E-state index in [9.17, 15) is 9.59 Å². The van der Waals surface area contributed by atoms with Crippen LogP contribution in [0.15, 0.2) is 60.9 Å². The Hall–Kier alpha value is -3.54. The van der Waals surface area contributed by atoms with Crippen LogP contribution in [0.4, 0.5) is 0 Å². The van der Waals surface area contributed by atoms with Crippen LogP contribution in [-0.4, -0.2) is 35.7 Å². The SMILES string of the molecule is COC(=O)c1ccc2cc[nH]c2c1.COC(=O)c1ccc2ccn(C)c2c1. The highest BCUT2D eigenvalue weighted by atomic mass is 16.5. The highest BCUT2D eigenvalue weighted by Gasteiger charge is 2.07. The summed E-state index contributed by atoms with van der Waals surface area (Å²) in [5, 5.41) is 2.22. The molecule has 138 valence electrons. The number of ether oxygens (including phenoxy) is 2. The van der Waals surface area contributed by atoms with E-state index in [0.29, 0.717) is 11.1 Å². The molecular weight excluding hydrogens is 344 g/mol. The largest absolute Gasteiger partial charge is 0.465 e. The van der Waals surface area contributed by atoms with Gasteiger partial charge in [-0.25, -0.2) is 9.59 Å². The maximum atomic E-state index is 11.3. The number of aromatic amines is 1. The molecular formula is C21H20N2O4. The second-order valence-corrected chi connectivity index (χ2v) is 5.96. The van der Waals surface area contributed by atoms with Gasteiger partial charge in [0.15, 0.2) is 0 Å². The highest BCUT2D eigenvalue weighted by molar-refractivity contribution is 5.95. The summed E-state index contributed by atoms with van der Waals surface area (Å²) in [5.74, 6) is -0.607. The third-order valence-corrected chi connectivity index (χ3v) is 4.29. The molecule has 0 saturated heterocycles. The number of carbonyl (C=O) groups is 2. The van der Waals surface area contributed by atoms with E-state index < -0.39 is 0 Å². The Morgan fingerprint density at radius 2 is 1.48 bits per heavy atom. The maximum Gasteiger partial charge on any atom is 0.337 e. The van der Waals surface area contributed by atoms with Crippen LogP contribution in [0.1, 0.15) is 20.7 Å². The van der Waals surface area contributed by atoms with Gasteiger partial charge in [0.05, 0.1) is 25.3 Å². The fraction of sp³-hybridized carbons (Fsp3) is 0.143. The number of nitrogens with one attached hydrogen (secondary N) is 1. The lowest BCUT2D eigenvalue weighted by Gasteiger charge is -2.00. The number of hydrogen-bond acceptors (Lipinski definition) is 4. The van der Waals surface area contributed by atoms with Gasteiger partial charge in [0.2, 0.25) is 0 Å². The first-order chi connectivity index (χ1) is 13.0. The molecule has 0 spiro atoms. The van der Waals surface area contributed by atoms with Gasteiger partial charge in [-0.15, -0.1) is 0 Å². The van der Waals surface area contributed by atoms with Crippen molar-refractivity contribution < 1.29 is 19.1 Å². The van der Waals surface area contributed by atoms with E-state index >= 15 is 0 Å². The number of methoxy groups -OCH3 is 2. The van der Waals surface area contributed by atoms with Crippen LogP contribution in [0.25, 0.3) is 21.8 Å². The molecule has 0 unspecified atom stereocenters. The number of carbonyl (C=O) groups excluding carboxylic acids is 2. The van der Waals surface area contributed by atoms with E-state index in [0.717, 1.165) is 21.8 Å². The molecule has 0 saturated carbocycles. The highest BCUT2D eigenvalue weighted by Crippen LogP contribution is 2.17. The van der Waals surface area contributed by atoms with Crippen molar-refractivity contribution >= 4 is 33.7 Å². The van der Waals surface area contributed by atoms with Crippen molar-refractivity contribution in [3.63, 3.8) is 0 Å². The zero-order chi connectivity index (χ0) is 19.4. The van der Waals surface area contributed by atoms with Crippen molar-refractivity contribution in [2.75, 3.05) is 14.2 Å². The van der Waals surface area contributed by atoms with Crippen molar-refractivity contribution in [1.29, 1.82) is 0 Å². The molecule has 0 amide bonds. The van der Waals surface area contributed by atoms with Gasteiger partial charge in [0.1, 0.15) is 0 Å². The predicted octanol–water partition coefficient (Wildman–Crippen LogP) is 3.92. The first-order valence-electron chi connectivity index (χ1n) is 8.32. The molecule has 0 atom stereocenters. The molecule has 2 aromatic heterocycles. The van der Waals surface area contributed by atoms with Crippen LogP contribution in [0.2, 0.25) is 0 Å². The molecule has 0 bridgehead atoms. The Balaban J connectivity index is 0.000000156. The summed E-state index contributed by atoms with van der Waals surface area (Å²) in [6.07, 6.45) is 3.80. The molecule has 0 aliphatic carbocycles. The quantitative estimate of drug-likeness (QED) is 0.547. The second kappa shape index (κ2) is 7.78. The van der Waals surface area contributed by atoms with Gasteiger partial charge < -0.3 is 19.0 Å². The Bertz CT molecular complexity index is 1110. The normalized spacial score (nSPS) is 10.3. The summed E-state index contributed by atoms with van der Waals surface area (Å²) >= 11 is 0. The zero-order valence-corrected chi connectivity index (χ0v) is 15.4. The number of H-pyrrole nitrogens is 1. The van der Waals surface area contributed by atoms with Crippen molar-refractivity contribution in [2.45, 2.75) is 0 Å². The average Bonchev–Trinajstić information content (AvgIpc) is 3.33. The zero-order valence-electron chi connectivity index (χ0n) is 15.4. The van der Waals surface area contributed by atoms with Gasteiger partial charge in [-0.2, -0.15) is 0 Å². The second-order valence-electron chi connectivity index (χ2n) is 5.96. The molecule has 1 N–H and O–H groups in total. The Labute approximate surface area is 156 Å². The molecule has 0 radical (unpaired) electrons. The molecule has 4 aromatic rings. The van der Waals surface area contributed by atoms with Crippen molar-refractivity contribution in [3.8, 4) is 0 Å². The van der Waals surface area contributed by atoms with Crippen LogP contribution < -0.4 is 0 Å². The van der Waals surface area contributed by atoms with Crippen LogP contribution in [-0.2, 0) is 16.5 Å². The molecule has 0 aliphatic rings. The standard InChI is InChI=1S/C11H11NO2.C10H9NO2/c1-12-6-5-8-3-4-9(7-10(8)12)11(13)14-2;1-13-10(12)8-3-2-7-4-5-11-9(7)6-8/h3-7H,1-2H3;2-6,11H,1H3. The van der Waals surface area contributed by atoms with Gasteiger partial charge in [-0.05, 0) is 47.2 Å². The minimum absolute atomic E-state index is 0.298. The van der Waals surface area contributed by atoms with Gasteiger partial charge in [0.25, 0.3) is 0 Å². The van der Waals surface area contributed by atoms with Gasteiger partial charge in [-0.1, -0.05) is 12.1 Å². The summed E-state index contributed by atoms with van der Waals surface area (Å²) in [5.41, 5.74) is 3.13. The number of hydrogen-bond donors (Lipinski definition) is 1. The minimum atomic E-state index is -0.309. The molecule has 6 heteroatoms. The Morgan fingerprint density at radius 3 is 2.15 bits per heavy atom. The van der Waals surface area contributed by atoms with E-state index in [4.69, 9.17) is 0 Å². The molecule has 27 heavy (non-hydrogen) atoms. The summed E-state index contributed by atoms with van der Waals surface area (Å²) < 4.78 is 11.2. The van der Waals surface area contributed by atoms with Crippen LogP contribution in [0, 0.1) is 0 Å². The van der Waals surface area contributed by atoms with Crippen LogP contribution in [0.3, 0.4) is 0 Å². The van der Waals surface area contributed by atoms with E-state index in [1.165, 1.54) is 14.2 Å². The van der Waals surface area contributed by atoms with E-state index in [-0.39, 0.29) is 11.9 Å². The number of aromatic nitrogens is 2. The number of aryl methyl sites for hydroxylation is 1.